The molecule has 5 heteroatoms. The first-order valence-corrected chi connectivity index (χ1v) is 7.03. The molecule has 0 aliphatic carbocycles. The maximum atomic E-state index is 10.9. The Morgan fingerprint density at radius 2 is 1.86 bits per heavy atom. The van der Waals surface area contributed by atoms with Gasteiger partial charge in [-0.2, -0.15) is 0 Å². The van der Waals surface area contributed by atoms with Gasteiger partial charge in [-0.15, -0.1) is 0 Å². The quantitative estimate of drug-likeness (QED) is 0.797. The van der Waals surface area contributed by atoms with Crippen LogP contribution in [0.4, 0.5) is 0 Å². The second-order valence-electron chi connectivity index (χ2n) is 5.42. The van der Waals surface area contributed by atoms with Crippen molar-refractivity contribution in [3.63, 3.8) is 0 Å². The molecule has 118 valence electrons. The van der Waals surface area contributed by atoms with Crippen LogP contribution in [-0.2, 0) is 11.2 Å². The molecule has 0 aliphatic heterocycles. The average molecular weight is 295 g/mol. The van der Waals surface area contributed by atoms with Crippen molar-refractivity contribution >= 4 is 5.97 Å². The topological polar surface area (TPSA) is 59.0 Å². The number of ether oxygens (including phenoxy) is 2. The maximum Gasteiger partial charge on any atom is 0.307 e. The molecule has 1 N–H and O–H groups in total. The van der Waals surface area contributed by atoms with Gasteiger partial charge in [0.2, 0.25) is 0 Å². The van der Waals surface area contributed by atoms with E-state index in [0.717, 1.165) is 12.0 Å². The van der Waals surface area contributed by atoms with E-state index in [0.29, 0.717) is 18.0 Å². The molecule has 0 aromatic heterocycles. The van der Waals surface area contributed by atoms with Crippen LogP contribution in [0.3, 0.4) is 0 Å². The second kappa shape index (κ2) is 7.88. The minimum absolute atomic E-state index is 0.241. The Kier molecular flexibility index (Phi) is 6.49. The molecule has 0 bridgehead atoms. The van der Waals surface area contributed by atoms with Gasteiger partial charge in [-0.1, -0.05) is 13.0 Å². The number of likely N-dealkylation sites (N-methyl/N-ethyl adjacent to an activating group) is 1. The van der Waals surface area contributed by atoms with Gasteiger partial charge in [0.15, 0.2) is 11.5 Å². The van der Waals surface area contributed by atoms with Gasteiger partial charge >= 0.3 is 5.97 Å². The van der Waals surface area contributed by atoms with Crippen LogP contribution in [-0.4, -0.2) is 49.8 Å². The van der Waals surface area contributed by atoms with Gasteiger partial charge in [0.25, 0.3) is 0 Å². The Morgan fingerprint density at radius 1 is 1.24 bits per heavy atom. The average Bonchev–Trinajstić information content (AvgIpc) is 2.46. The number of methoxy groups -OCH3 is 2. The van der Waals surface area contributed by atoms with E-state index in [1.807, 2.05) is 25.2 Å². The Morgan fingerprint density at radius 3 is 2.38 bits per heavy atom. The normalized spacial score (nSPS) is 13.8. The van der Waals surface area contributed by atoms with Crippen molar-refractivity contribution in [3.05, 3.63) is 23.8 Å². The summed E-state index contributed by atoms with van der Waals surface area (Å²) in [4.78, 5) is 13.0. The van der Waals surface area contributed by atoms with E-state index >= 15 is 0 Å². The first kappa shape index (κ1) is 17.3. The van der Waals surface area contributed by atoms with E-state index in [-0.39, 0.29) is 12.0 Å². The molecule has 0 radical (unpaired) electrons. The van der Waals surface area contributed by atoms with E-state index in [1.165, 1.54) is 0 Å². The van der Waals surface area contributed by atoms with Crippen LogP contribution in [0.25, 0.3) is 0 Å². The van der Waals surface area contributed by atoms with Gasteiger partial charge in [0.05, 0.1) is 20.1 Å². The second-order valence-corrected chi connectivity index (χ2v) is 5.42. The smallest absolute Gasteiger partial charge is 0.307 e. The Balaban J connectivity index is 2.69. The lowest BCUT2D eigenvalue weighted by molar-refractivity contribution is -0.141. The van der Waals surface area contributed by atoms with Crippen molar-refractivity contribution < 1.29 is 19.4 Å². The molecule has 2 atom stereocenters. The molecule has 0 saturated heterocycles. The van der Waals surface area contributed by atoms with E-state index in [9.17, 15) is 4.79 Å². The summed E-state index contributed by atoms with van der Waals surface area (Å²) in [6.07, 6.45) is 0.823. The lowest BCUT2D eigenvalue weighted by atomic mass is 10.0. The third-order valence-electron chi connectivity index (χ3n) is 3.71. The van der Waals surface area contributed by atoms with Gasteiger partial charge in [-0.05, 0) is 38.1 Å². The highest BCUT2D eigenvalue weighted by Gasteiger charge is 2.18. The highest BCUT2D eigenvalue weighted by atomic mass is 16.5. The van der Waals surface area contributed by atoms with Gasteiger partial charge in [0.1, 0.15) is 0 Å². The van der Waals surface area contributed by atoms with Gasteiger partial charge in [0, 0.05) is 12.6 Å². The fourth-order valence-electron chi connectivity index (χ4n) is 2.19. The molecule has 0 fully saturated rings. The molecule has 0 heterocycles. The standard InChI is InChI=1S/C16H25NO4/c1-11(16(18)19)10-17(3)12(2)8-13-6-7-14(20-4)15(9-13)21-5/h6-7,9,11-12H,8,10H2,1-5H3,(H,18,19). The van der Waals surface area contributed by atoms with Gasteiger partial charge < -0.3 is 19.5 Å². The van der Waals surface area contributed by atoms with Crippen molar-refractivity contribution in [1.82, 2.24) is 4.90 Å². The summed E-state index contributed by atoms with van der Waals surface area (Å²) in [5, 5.41) is 8.97. The van der Waals surface area contributed by atoms with Crippen LogP contribution in [0.5, 0.6) is 11.5 Å². The lowest BCUT2D eigenvalue weighted by Crippen LogP contribution is -2.36. The molecule has 1 rings (SSSR count). The highest BCUT2D eigenvalue weighted by Crippen LogP contribution is 2.28. The van der Waals surface area contributed by atoms with Gasteiger partial charge in [-0.3, -0.25) is 4.79 Å². The highest BCUT2D eigenvalue weighted by molar-refractivity contribution is 5.69. The molecular formula is C16H25NO4. The first-order valence-electron chi connectivity index (χ1n) is 7.03. The fourth-order valence-corrected chi connectivity index (χ4v) is 2.19. The zero-order valence-corrected chi connectivity index (χ0v) is 13.4. The first-order chi connectivity index (χ1) is 9.88. The number of carboxylic acid groups (broad SMARTS) is 1. The molecule has 21 heavy (non-hydrogen) atoms. The number of carboxylic acids is 1. The summed E-state index contributed by atoms with van der Waals surface area (Å²) < 4.78 is 10.5. The fraction of sp³-hybridized carbons (Fsp3) is 0.562. The van der Waals surface area contributed by atoms with E-state index in [4.69, 9.17) is 14.6 Å². The number of hydrogen-bond acceptors (Lipinski definition) is 4. The van der Waals surface area contributed by atoms with Crippen LogP contribution in [0.2, 0.25) is 0 Å². The number of rotatable bonds is 8. The SMILES string of the molecule is COc1ccc(CC(C)N(C)CC(C)C(=O)O)cc1OC. The van der Waals surface area contributed by atoms with Crippen LogP contribution in [0, 0.1) is 5.92 Å². The van der Waals surface area contributed by atoms with E-state index in [1.54, 1.807) is 21.1 Å². The third kappa shape index (κ3) is 4.93. The summed E-state index contributed by atoms with van der Waals surface area (Å²) in [5.74, 6) is 0.286. The number of benzene rings is 1. The maximum absolute atomic E-state index is 10.9. The Labute approximate surface area is 126 Å². The minimum Gasteiger partial charge on any atom is -0.493 e. The summed E-state index contributed by atoms with van der Waals surface area (Å²) in [6, 6.07) is 6.10. The zero-order valence-electron chi connectivity index (χ0n) is 13.4. The van der Waals surface area contributed by atoms with E-state index in [2.05, 4.69) is 11.8 Å². The summed E-state index contributed by atoms with van der Waals surface area (Å²) in [7, 11) is 5.18. The predicted octanol–water partition coefficient (Wildman–Crippen LogP) is 2.29. The lowest BCUT2D eigenvalue weighted by Gasteiger charge is -2.26. The monoisotopic (exact) mass is 295 g/mol. The summed E-state index contributed by atoms with van der Waals surface area (Å²) >= 11 is 0. The zero-order chi connectivity index (χ0) is 16.0. The molecule has 0 spiro atoms. The van der Waals surface area contributed by atoms with Crippen molar-refractivity contribution in [1.29, 1.82) is 0 Å². The number of hydrogen-bond donors (Lipinski definition) is 1. The molecule has 1 aromatic carbocycles. The summed E-state index contributed by atoms with van der Waals surface area (Å²) in [5.41, 5.74) is 1.13. The molecule has 0 aliphatic rings. The van der Waals surface area contributed by atoms with Crippen LogP contribution < -0.4 is 9.47 Å². The Hall–Kier alpha value is -1.75. The van der Waals surface area contributed by atoms with Crippen LogP contribution in [0.15, 0.2) is 18.2 Å². The van der Waals surface area contributed by atoms with Crippen LogP contribution >= 0.6 is 0 Å². The number of aliphatic carboxylic acids is 1. The molecule has 0 saturated carbocycles. The summed E-state index contributed by atoms with van der Waals surface area (Å²) in [6.45, 7) is 4.34. The van der Waals surface area contributed by atoms with Gasteiger partial charge in [-0.25, -0.2) is 0 Å². The van der Waals surface area contributed by atoms with Crippen molar-refractivity contribution in [2.75, 3.05) is 27.8 Å². The predicted molar refractivity (Wildman–Crippen MR) is 82.1 cm³/mol. The minimum atomic E-state index is -0.764. The Bertz CT molecular complexity index is 475. The number of nitrogens with zero attached hydrogens (tertiary/aromatic N) is 1. The largest absolute Gasteiger partial charge is 0.493 e. The molecule has 5 nitrogen and oxygen atoms in total. The molecule has 0 amide bonds. The van der Waals surface area contributed by atoms with Crippen molar-refractivity contribution in [3.8, 4) is 11.5 Å². The van der Waals surface area contributed by atoms with Crippen LogP contribution in [0.1, 0.15) is 19.4 Å². The number of carbonyl (C=O) groups is 1. The molecular weight excluding hydrogens is 270 g/mol. The van der Waals surface area contributed by atoms with E-state index < -0.39 is 5.97 Å². The van der Waals surface area contributed by atoms with Crippen molar-refractivity contribution in [2.24, 2.45) is 5.92 Å². The molecule has 1 aromatic rings. The van der Waals surface area contributed by atoms with Crippen molar-refractivity contribution in [2.45, 2.75) is 26.3 Å². The molecule has 2 unspecified atom stereocenters. The third-order valence-corrected chi connectivity index (χ3v) is 3.71.